The summed E-state index contributed by atoms with van der Waals surface area (Å²) in [4.78, 5) is 25.5. The minimum atomic E-state index is -1.29. The van der Waals surface area contributed by atoms with Gasteiger partial charge in [-0.05, 0) is 43.3 Å². The highest BCUT2D eigenvalue weighted by atomic mass is 16.5. The fraction of sp³-hybridized carbons (Fsp3) is 0.833. The lowest BCUT2D eigenvalue weighted by molar-refractivity contribution is -0.199. The number of aliphatic hydroxyl groups excluding tert-OH is 1. The summed E-state index contributed by atoms with van der Waals surface area (Å²) in [5.74, 6) is -0.345. The van der Waals surface area contributed by atoms with Gasteiger partial charge in [0.05, 0.1) is 18.3 Å². The van der Waals surface area contributed by atoms with Gasteiger partial charge >= 0.3 is 0 Å². The molecule has 2 saturated carbocycles. The van der Waals surface area contributed by atoms with E-state index in [1.54, 1.807) is 6.92 Å². The number of hydrogen-bond donors (Lipinski definition) is 2. The van der Waals surface area contributed by atoms with Crippen LogP contribution in [0.4, 0.5) is 0 Å². The van der Waals surface area contributed by atoms with Crippen molar-refractivity contribution in [1.29, 1.82) is 0 Å². The first-order chi connectivity index (χ1) is 13.6. The first-order valence-electron chi connectivity index (χ1n) is 11.4. The van der Waals surface area contributed by atoms with Gasteiger partial charge in [0.1, 0.15) is 6.10 Å². The Morgan fingerprint density at radius 3 is 2.21 bits per heavy atom. The maximum absolute atomic E-state index is 13.0. The number of ether oxygens (including phenoxy) is 1. The fourth-order valence-electron chi connectivity index (χ4n) is 5.64. The van der Waals surface area contributed by atoms with Crippen LogP contribution in [0.1, 0.15) is 80.6 Å². The van der Waals surface area contributed by atoms with Crippen molar-refractivity contribution in [3.05, 3.63) is 11.1 Å². The molecular formula is C24H40O5. The highest BCUT2D eigenvalue weighted by molar-refractivity contribution is 6.00. The number of fused-ring (bicyclic) bond motifs is 5. The molecule has 4 aliphatic rings. The zero-order valence-electron chi connectivity index (χ0n) is 19.2. The summed E-state index contributed by atoms with van der Waals surface area (Å²) >= 11 is 0. The topological polar surface area (TPSA) is 83.8 Å². The third-order valence-electron chi connectivity index (χ3n) is 7.40. The number of rotatable bonds is 0. The summed E-state index contributed by atoms with van der Waals surface area (Å²) in [5, 5.41) is 22.3. The highest BCUT2D eigenvalue weighted by Gasteiger charge is 2.60. The van der Waals surface area contributed by atoms with E-state index in [1.165, 1.54) is 6.42 Å². The van der Waals surface area contributed by atoms with E-state index in [1.807, 2.05) is 27.7 Å². The van der Waals surface area contributed by atoms with Crippen molar-refractivity contribution < 1.29 is 24.5 Å². The monoisotopic (exact) mass is 408 g/mol. The Morgan fingerprint density at radius 1 is 1.10 bits per heavy atom. The van der Waals surface area contributed by atoms with Crippen LogP contribution in [-0.4, -0.2) is 46.2 Å². The average Bonchev–Trinajstić information content (AvgIpc) is 2.63. The molecule has 0 aromatic heterocycles. The summed E-state index contributed by atoms with van der Waals surface area (Å²) in [6, 6.07) is 0. The SMILES string of the molecule is CC.CC1=C2C(O)C(=O)C3CCC4OCC4C3CC(O)(CC1=O)C2(C)C.CCC. The Kier molecular flexibility index (Phi) is 7.51. The van der Waals surface area contributed by atoms with E-state index in [0.717, 1.165) is 6.42 Å². The molecule has 166 valence electrons. The average molecular weight is 409 g/mol. The van der Waals surface area contributed by atoms with Crippen molar-refractivity contribution in [2.75, 3.05) is 6.61 Å². The maximum atomic E-state index is 13.0. The first kappa shape index (κ1) is 24.2. The van der Waals surface area contributed by atoms with E-state index in [9.17, 15) is 19.8 Å². The predicted octanol–water partition coefficient (Wildman–Crippen LogP) is 3.85. The van der Waals surface area contributed by atoms with Crippen LogP contribution in [-0.2, 0) is 14.3 Å². The third kappa shape index (κ3) is 3.86. The van der Waals surface area contributed by atoms with Crippen LogP contribution in [0.15, 0.2) is 11.1 Å². The lowest BCUT2D eigenvalue weighted by Gasteiger charge is -2.57. The Bertz CT molecular complexity index is 664. The van der Waals surface area contributed by atoms with Gasteiger partial charge < -0.3 is 14.9 Å². The molecule has 0 amide bonds. The Hall–Kier alpha value is -1.04. The summed E-state index contributed by atoms with van der Waals surface area (Å²) in [6.45, 7) is 14.2. The molecule has 0 aromatic carbocycles. The molecular weight excluding hydrogens is 368 g/mol. The minimum absolute atomic E-state index is 0.0170. The van der Waals surface area contributed by atoms with Crippen molar-refractivity contribution >= 4 is 11.6 Å². The molecule has 6 unspecified atom stereocenters. The molecule has 1 aliphatic heterocycles. The van der Waals surface area contributed by atoms with Crippen LogP contribution in [0.25, 0.3) is 0 Å². The molecule has 3 fully saturated rings. The fourth-order valence-corrected chi connectivity index (χ4v) is 5.64. The van der Waals surface area contributed by atoms with Crippen molar-refractivity contribution in [2.45, 2.75) is 98.4 Å². The number of ketones is 2. The summed E-state index contributed by atoms with van der Waals surface area (Å²) in [6.07, 6.45) is 2.15. The number of aliphatic hydroxyl groups is 2. The van der Waals surface area contributed by atoms with Gasteiger partial charge in [-0.15, -0.1) is 0 Å². The Morgan fingerprint density at radius 2 is 1.69 bits per heavy atom. The molecule has 29 heavy (non-hydrogen) atoms. The van der Waals surface area contributed by atoms with E-state index in [2.05, 4.69) is 13.8 Å². The van der Waals surface area contributed by atoms with Crippen LogP contribution >= 0.6 is 0 Å². The maximum Gasteiger partial charge on any atom is 0.168 e. The van der Waals surface area contributed by atoms with Crippen LogP contribution < -0.4 is 0 Å². The van der Waals surface area contributed by atoms with Gasteiger partial charge in [0.25, 0.3) is 0 Å². The van der Waals surface area contributed by atoms with E-state index < -0.39 is 17.1 Å². The van der Waals surface area contributed by atoms with E-state index >= 15 is 0 Å². The zero-order chi connectivity index (χ0) is 22.1. The Labute approximate surface area is 175 Å². The van der Waals surface area contributed by atoms with Crippen LogP contribution in [0.5, 0.6) is 0 Å². The molecule has 5 nitrogen and oxygen atoms in total. The van der Waals surface area contributed by atoms with Gasteiger partial charge in [-0.1, -0.05) is 48.0 Å². The molecule has 6 atom stereocenters. The molecule has 3 aliphatic carbocycles. The second kappa shape index (κ2) is 8.99. The minimum Gasteiger partial charge on any atom is -0.389 e. The van der Waals surface area contributed by atoms with Crippen LogP contribution in [0.2, 0.25) is 0 Å². The summed E-state index contributed by atoms with van der Waals surface area (Å²) in [5.41, 5.74) is -1.15. The molecule has 1 heterocycles. The second-order valence-electron chi connectivity index (χ2n) is 9.39. The number of Topliss-reactive ketones (excluding diaryl/α,β-unsaturated/α-hetero) is 2. The van der Waals surface area contributed by atoms with Crippen molar-refractivity contribution in [3.8, 4) is 0 Å². The largest absolute Gasteiger partial charge is 0.389 e. The number of allylic oxidation sites excluding steroid dienone is 1. The Balaban J connectivity index is 0.000000551. The van der Waals surface area contributed by atoms with E-state index in [-0.39, 0.29) is 41.8 Å². The molecule has 0 spiro atoms. The van der Waals surface area contributed by atoms with Gasteiger partial charge in [0, 0.05) is 23.7 Å². The molecule has 2 N–H and O–H groups in total. The van der Waals surface area contributed by atoms with E-state index in [4.69, 9.17) is 4.74 Å². The first-order valence-corrected chi connectivity index (χ1v) is 11.4. The molecule has 4 rings (SSSR count). The lowest BCUT2D eigenvalue weighted by Crippen LogP contribution is -2.62. The predicted molar refractivity (Wildman–Crippen MR) is 113 cm³/mol. The van der Waals surface area contributed by atoms with Gasteiger partial charge in [0.2, 0.25) is 0 Å². The third-order valence-corrected chi connectivity index (χ3v) is 7.40. The van der Waals surface area contributed by atoms with Crippen molar-refractivity contribution in [3.63, 3.8) is 0 Å². The van der Waals surface area contributed by atoms with Crippen molar-refractivity contribution in [2.24, 2.45) is 23.2 Å². The second-order valence-corrected chi connectivity index (χ2v) is 9.39. The zero-order valence-corrected chi connectivity index (χ0v) is 19.2. The van der Waals surface area contributed by atoms with Crippen molar-refractivity contribution in [1.82, 2.24) is 0 Å². The number of carbonyl (C=O) groups is 2. The number of hydrogen-bond acceptors (Lipinski definition) is 5. The smallest absolute Gasteiger partial charge is 0.168 e. The molecule has 0 aromatic rings. The van der Waals surface area contributed by atoms with Gasteiger partial charge in [0.15, 0.2) is 11.6 Å². The van der Waals surface area contributed by atoms with Crippen LogP contribution in [0.3, 0.4) is 0 Å². The standard InChI is InChI=1S/C19H26O5.C3H8.C2H6/c1-9-13(20)7-19(23)6-11-10(4-5-14-12(11)8-24-14)16(21)17(22)15(9)18(19,2)3;1-3-2;1-2/h10-12,14,17,22-23H,4-8H2,1-3H3;3H2,1-2H3;1-2H3. The van der Waals surface area contributed by atoms with E-state index in [0.29, 0.717) is 30.6 Å². The summed E-state index contributed by atoms with van der Waals surface area (Å²) in [7, 11) is 0. The van der Waals surface area contributed by atoms with Gasteiger partial charge in [-0.2, -0.15) is 0 Å². The highest BCUT2D eigenvalue weighted by Crippen LogP contribution is 2.56. The molecule has 2 bridgehead atoms. The van der Waals surface area contributed by atoms with Gasteiger partial charge in [-0.25, -0.2) is 0 Å². The summed E-state index contributed by atoms with van der Waals surface area (Å²) < 4.78 is 5.61. The molecule has 5 heteroatoms. The lowest BCUT2D eigenvalue weighted by atomic mass is 9.52. The molecule has 1 saturated heterocycles. The number of carbonyl (C=O) groups excluding carboxylic acids is 2. The quantitative estimate of drug-likeness (QED) is 0.636. The molecule has 0 radical (unpaired) electrons. The van der Waals surface area contributed by atoms with Gasteiger partial charge in [-0.3, -0.25) is 9.59 Å². The normalized spacial score (nSPS) is 40.0. The van der Waals surface area contributed by atoms with Crippen LogP contribution in [0, 0.1) is 23.2 Å².